The monoisotopic (exact) mass is 264 g/mol. The van der Waals surface area contributed by atoms with Crippen LogP contribution >= 0.6 is 0 Å². The van der Waals surface area contributed by atoms with Gasteiger partial charge in [0.15, 0.2) is 11.5 Å². The smallest absolute Gasteiger partial charge is 0.160 e. The summed E-state index contributed by atoms with van der Waals surface area (Å²) < 4.78 is 5.17. The maximum Gasteiger partial charge on any atom is 0.160 e. The van der Waals surface area contributed by atoms with E-state index < -0.39 is 0 Å². The van der Waals surface area contributed by atoms with E-state index in [-0.39, 0.29) is 17.3 Å². The van der Waals surface area contributed by atoms with Gasteiger partial charge in [-0.05, 0) is 61.6 Å². The fraction of sp³-hybridized carbons (Fsp3) is 0.625. The molecule has 0 amide bonds. The normalized spacial score (nSPS) is 28.9. The van der Waals surface area contributed by atoms with Crippen molar-refractivity contribution in [3.63, 3.8) is 0 Å². The van der Waals surface area contributed by atoms with Crippen LogP contribution in [0.5, 0.6) is 11.5 Å². The second kappa shape index (κ2) is 5.41. The van der Waals surface area contributed by atoms with Gasteiger partial charge in [-0.3, -0.25) is 0 Å². The average molecular weight is 264 g/mol. The molecule has 3 nitrogen and oxygen atoms in total. The van der Waals surface area contributed by atoms with Gasteiger partial charge < -0.3 is 14.9 Å². The summed E-state index contributed by atoms with van der Waals surface area (Å²) in [6, 6.07) is 5.62. The summed E-state index contributed by atoms with van der Waals surface area (Å²) in [5, 5.41) is 19.5. The summed E-state index contributed by atoms with van der Waals surface area (Å²) in [6.07, 6.45) is 3.99. The number of aliphatic hydroxyl groups excluding tert-OH is 1. The van der Waals surface area contributed by atoms with Gasteiger partial charge in [-0.15, -0.1) is 0 Å². The molecule has 3 heteroatoms. The van der Waals surface area contributed by atoms with Crippen molar-refractivity contribution < 1.29 is 14.9 Å². The van der Waals surface area contributed by atoms with E-state index in [9.17, 15) is 10.2 Å². The van der Waals surface area contributed by atoms with E-state index in [0.717, 1.165) is 25.7 Å². The van der Waals surface area contributed by atoms with E-state index in [2.05, 4.69) is 6.92 Å². The second-order valence-corrected chi connectivity index (χ2v) is 6.04. The standard InChI is InChI=1S/C16H24O3/c1-11(17)16(2)8-6-12(7-9-16)13-4-5-14(18)15(10-13)19-3/h4-5,10-12,17-18H,6-9H2,1-3H3. The van der Waals surface area contributed by atoms with Crippen molar-refractivity contribution in [1.82, 2.24) is 0 Å². The lowest BCUT2D eigenvalue weighted by Crippen LogP contribution is -2.33. The Bertz CT molecular complexity index is 432. The van der Waals surface area contributed by atoms with Gasteiger partial charge in [0.1, 0.15) is 0 Å². The predicted octanol–water partition coefficient (Wildman–Crippen LogP) is 3.45. The number of ether oxygens (including phenoxy) is 1. The van der Waals surface area contributed by atoms with Crippen LogP contribution in [0.3, 0.4) is 0 Å². The van der Waals surface area contributed by atoms with E-state index in [0.29, 0.717) is 11.7 Å². The number of hydrogen-bond acceptors (Lipinski definition) is 3. The Morgan fingerprint density at radius 3 is 2.47 bits per heavy atom. The molecule has 2 N–H and O–H groups in total. The van der Waals surface area contributed by atoms with Crippen molar-refractivity contribution in [3.8, 4) is 11.5 Å². The Balaban J connectivity index is 2.09. The van der Waals surface area contributed by atoms with Crippen LogP contribution in [0, 0.1) is 5.41 Å². The van der Waals surface area contributed by atoms with Crippen LogP contribution in [-0.2, 0) is 0 Å². The molecule has 1 unspecified atom stereocenters. The molecule has 19 heavy (non-hydrogen) atoms. The van der Waals surface area contributed by atoms with Crippen LogP contribution in [0.4, 0.5) is 0 Å². The Kier molecular flexibility index (Phi) is 4.04. The third-order valence-electron chi connectivity index (χ3n) is 4.81. The predicted molar refractivity (Wildman–Crippen MR) is 75.7 cm³/mol. The number of aliphatic hydroxyl groups is 1. The number of methoxy groups -OCH3 is 1. The minimum Gasteiger partial charge on any atom is -0.504 e. The number of phenols is 1. The Morgan fingerprint density at radius 2 is 1.95 bits per heavy atom. The molecule has 1 aromatic carbocycles. The number of phenolic OH excluding ortho intramolecular Hbond substituents is 1. The lowest BCUT2D eigenvalue weighted by molar-refractivity contribution is 0.0191. The van der Waals surface area contributed by atoms with Crippen molar-refractivity contribution in [2.24, 2.45) is 5.41 Å². The first-order valence-corrected chi connectivity index (χ1v) is 7.01. The number of hydrogen-bond donors (Lipinski definition) is 2. The number of benzene rings is 1. The summed E-state index contributed by atoms with van der Waals surface area (Å²) in [7, 11) is 1.57. The molecule has 1 aliphatic rings. The van der Waals surface area contributed by atoms with Crippen molar-refractivity contribution in [1.29, 1.82) is 0 Å². The van der Waals surface area contributed by atoms with Gasteiger partial charge >= 0.3 is 0 Å². The minimum absolute atomic E-state index is 0.0531. The molecule has 0 bridgehead atoms. The van der Waals surface area contributed by atoms with Gasteiger partial charge in [0, 0.05) is 0 Å². The number of aromatic hydroxyl groups is 1. The first kappa shape index (κ1) is 14.2. The highest BCUT2D eigenvalue weighted by molar-refractivity contribution is 5.42. The lowest BCUT2D eigenvalue weighted by Gasteiger charge is -2.39. The summed E-state index contributed by atoms with van der Waals surface area (Å²) in [5.41, 5.74) is 1.28. The second-order valence-electron chi connectivity index (χ2n) is 6.04. The molecule has 0 aliphatic heterocycles. The fourth-order valence-corrected chi connectivity index (χ4v) is 2.98. The maximum atomic E-state index is 9.86. The van der Waals surface area contributed by atoms with Crippen LogP contribution in [0.2, 0.25) is 0 Å². The summed E-state index contributed by atoms with van der Waals surface area (Å²) in [4.78, 5) is 0. The first-order chi connectivity index (χ1) is 8.96. The molecule has 1 aliphatic carbocycles. The highest BCUT2D eigenvalue weighted by Gasteiger charge is 2.35. The van der Waals surface area contributed by atoms with E-state index in [4.69, 9.17) is 4.74 Å². The molecule has 0 saturated heterocycles. The van der Waals surface area contributed by atoms with Crippen molar-refractivity contribution in [2.45, 2.75) is 51.6 Å². The minimum atomic E-state index is -0.247. The third-order valence-corrected chi connectivity index (χ3v) is 4.81. The molecule has 1 atom stereocenters. The molecule has 1 aromatic rings. The van der Waals surface area contributed by atoms with E-state index >= 15 is 0 Å². The zero-order valence-corrected chi connectivity index (χ0v) is 12.0. The van der Waals surface area contributed by atoms with Gasteiger partial charge in [0.05, 0.1) is 13.2 Å². The highest BCUT2D eigenvalue weighted by atomic mass is 16.5. The maximum absolute atomic E-state index is 9.86. The van der Waals surface area contributed by atoms with Crippen LogP contribution in [0.1, 0.15) is 51.0 Å². The molecular weight excluding hydrogens is 240 g/mol. The van der Waals surface area contributed by atoms with Crippen LogP contribution in [-0.4, -0.2) is 23.4 Å². The van der Waals surface area contributed by atoms with Gasteiger partial charge in [-0.25, -0.2) is 0 Å². The van der Waals surface area contributed by atoms with Gasteiger partial charge in [-0.1, -0.05) is 13.0 Å². The van der Waals surface area contributed by atoms with Crippen LogP contribution in [0.25, 0.3) is 0 Å². The van der Waals surface area contributed by atoms with Gasteiger partial charge in [-0.2, -0.15) is 0 Å². The third kappa shape index (κ3) is 2.86. The molecule has 1 saturated carbocycles. The molecule has 0 radical (unpaired) electrons. The topological polar surface area (TPSA) is 49.7 Å². The number of rotatable bonds is 3. The van der Waals surface area contributed by atoms with E-state index in [1.807, 2.05) is 19.1 Å². The molecular formula is C16H24O3. The largest absolute Gasteiger partial charge is 0.504 e. The van der Waals surface area contributed by atoms with E-state index in [1.165, 1.54) is 5.56 Å². The first-order valence-electron chi connectivity index (χ1n) is 7.01. The van der Waals surface area contributed by atoms with Crippen molar-refractivity contribution in [3.05, 3.63) is 23.8 Å². The Labute approximate surface area is 115 Å². The van der Waals surface area contributed by atoms with Crippen LogP contribution < -0.4 is 4.74 Å². The average Bonchev–Trinajstić information content (AvgIpc) is 2.40. The zero-order valence-electron chi connectivity index (χ0n) is 12.0. The highest BCUT2D eigenvalue weighted by Crippen LogP contribution is 2.45. The molecule has 106 valence electrons. The Hall–Kier alpha value is -1.22. The van der Waals surface area contributed by atoms with Gasteiger partial charge in [0.25, 0.3) is 0 Å². The van der Waals surface area contributed by atoms with Gasteiger partial charge in [0.2, 0.25) is 0 Å². The molecule has 2 rings (SSSR count). The summed E-state index contributed by atoms with van der Waals surface area (Å²) in [5.74, 6) is 1.23. The molecule has 0 spiro atoms. The summed E-state index contributed by atoms with van der Waals surface area (Å²) in [6.45, 7) is 4.06. The zero-order chi connectivity index (χ0) is 14.0. The van der Waals surface area contributed by atoms with Crippen LogP contribution in [0.15, 0.2) is 18.2 Å². The Morgan fingerprint density at radius 1 is 1.32 bits per heavy atom. The molecule has 0 heterocycles. The van der Waals surface area contributed by atoms with E-state index in [1.54, 1.807) is 13.2 Å². The fourth-order valence-electron chi connectivity index (χ4n) is 2.98. The quantitative estimate of drug-likeness (QED) is 0.879. The van der Waals surface area contributed by atoms with Crippen molar-refractivity contribution >= 4 is 0 Å². The molecule has 1 fully saturated rings. The lowest BCUT2D eigenvalue weighted by atomic mass is 9.67. The molecule has 0 aromatic heterocycles. The summed E-state index contributed by atoms with van der Waals surface area (Å²) >= 11 is 0. The SMILES string of the molecule is COc1cc(C2CCC(C)(C(C)O)CC2)ccc1O. The van der Waals surface area contributed by atoms with Crippen molar-refractivity contribution in [2.75, 3.05) is 7.11 Å².